The summed E-state index contributed by atoms with van der Waals surface area (Å²) < 4.78 is 6.68. The summed E-state index contributed by atoms with van der Waals surface area (Å²) in [4.78, 5) is 12.6. The van der Waals surface area contributed by atoms with Gasteiger partial charge in [-0.1, -0.05) is 141 Å². The van der Waals surface area contributed by atoms with Crippen LogP contribution in [0.1, 0.15) is 25.0 Å². The Morgan fingerprint density at radius 3 is 1.61 bits per heavy atom. The Hall–Kier alpha value is -7.66. The first kappa shape index (κ1) is 38.0. The standard InChI is InChI=1S/C60H44N2OS/c1-60(2)54-26-16-15-25-51(54)53-40-46(34-37-55(53)60)62(45-31-29-41-27-28-42-30-38-56-58(57(42)52(41)39-45)63-59(61-56)43-17-7-3-8-18-43)44-32-35-50(36-33-44)64(47-19-9-4-10-20-47,48-21-11-5-12-22-48)49-23-13-6-14-24-49/h3-40H,1-2H3. The molecule has 1 heterocycles. The van der Waals surface area contributed by atoms with Gasteiger partial charge in [0.15, 0.2) is 5.58 Å². The van der Waals surface area contributed by atoms with Crippen molar-refractivity contribution in [2.45, 2.75) is 38.8 Å². The van der Waals surface area contributed by atoms with Crippen molar-refractivity contribution in [3.05, 3.63) is 242 Å². The number of hydrogen-bond acceptors (Lipinski definition) is 3. The van der Waals surface area contributed by atoms with Gasteiger partial charge in [0, 0.05) is 53.0 Å². The summed E-state index contributed by atoms with van der Waals surface area (Å²) in [5.41, 5.74) is 11.0. The molecule has 10 aromatic carbocycles. The quantitative estimate of drug-likeness (QED) is 0.143. The molecule has 0 fully saturated rings. The molecule has 0 spiro atoms. The molecule has 0 saturated heterocycles. The van der Waals surface area contributed by atoms with Crippen LogP contribution < -0.4 is 4.90 Å². The first-order valence-electron chi connectivity index (χ1n) is 21.9. The average molecular weight is 841 g/mol. The second kappa shape index (κ2) is 15.0. The molecule has 12 rings (SSSR count). The highest BCUT2D eigenvalue weighted by Gasteiger charge is 2.36. The zero-order valence-electron chi connectivity index (χ0n) is 35.7. The van der Waals surface area contributed by atoms with Gasteiger partial charge in [-0.2, -0.15) is 0 Å². The molecular formula is C60H44N2OS. The monoisotopic (exact) mass is 840 g/mol. The summed E-state index contributed by atoms with van der Waals surface area (Å²) in [5, 5.41) is 4.44. The van der Waals surface area contributed by atoms with Crippen LogP contribution in [0.15, 0.2) is 255 Å². The van der Waals surface area contributed by atoms with E-state index in [-0.39, 0.29) is 5.41 Å². The molecule has 0 atom stereocenters. The molecule has 0 saturated carbocycles. The first-order valence-corrected chi connectivity index (χ1v) is 23.6. The van der Waals surface area contributed by atoms with Crippen molar-refractivity contribution in [1.29, 1.82) is 0 Å². The minimum atomic E-state index is -1.86. The predicted octanol–water partition coefficient (Wildman–Crippen LogP) is 16.9. The summed E-state index contributed by atoms with van der Waals surface area (Å²) in [5.74, 6) is 0.624. The van der Waals surface area contributed by atoms with Crippen molar-refractivity contribution < 1.29 is 4.42 Å². The SMILES string of the molecule is CC1(C)c2ccccc2-c2cc(N(c3ccc(S(c4ccccc4)(c4ccccc4)c4ccccc4)cc3)c3ccc4ccc5ccc6nc(-c7ccccc7)oc6c5c4c3)ccc21. The maximum Gasteiger partial charge on any atom is 0.227 e. The molecule has 4 heteroatoms. The third-order valence-corrected chi connectivity index (χ3v) is 17.1. The molecule has 0 unspecified atom stereocenters. The van der Waals surface area contributed by atoms with E-state index in [0.29, 0.717) is 5.89 Å². The van der Waals surface area contributed by atoms with Crippen LogP contribution in [-0.2, 0) is 5.41 Å². The molecular weight excluding hydrogens is 797 g/mol. The molecule has 1 aliphatic carbocycles. The van der Waals surface area contributed by atoms with Gasteiger partial charge in [-0.3, -0.25) is 0 Å². The van der Waals surface area contributed by atoms with Crippen molar-refractivity contribution in [1.82, 2.24) is 4.98 Å². The third kappa shape index (κ3) is 5.94. The normalized spacial score (nSPS) is 13.2. The fraction of sp³-hybridized carbons (Fsp3) is 0.0500. The number of fused-ring (bicyclic) bond motifs is 8. The van der Waals surface area contributed by atoms with Crippen molar-refractivity contribution >= 4 is 59.7 Å². The van der Waals surface area contributed by atoms with E-state index in [4.69, 9.17) is 9.40 Å². The van der Waals surface area contributed by atoms with Crippen molar-refractivity contribution in [3.8, 4) is 22.6 Å². The molecule has 64 heavy (non-hydrogen) atoms. The largest absolute Gasteiger partial charge is 0.435 e. The van der Waals surface area contributed by atoms with Gasteiger partial charge in [-0.05, 0) is 142 Å². The number of oxazole rings is 1. The minimum absolute atomic E-state index is 0.0989. The summed E-state index contributed by atoms with van der Waals surface area (Å²) >= 11 is 0. The molecule has 11 aromatic rings. The lowest BCUT2D eigenvalue weighted by atomic mass is 9.82. The van der Waals surface area contributed by atoms with Gasteiger partial charge >= 0.3 is 0 Å². The van der Waals surface area contributed by atoms with Gasteiger partial charge in [0.2, 0.25) is 5.89 Å². The highest BCUT2D eigenvalue weighted by molar-refractivity contribution is 8.34. The summed E-state index contributed by atoms with van der Waals surface area (Å²) in [7, 11) is -1.86. The number of nitrogens with zero attached hydrogens (tertiary/aromatic N) is 2. The Morgan fingerprint density at radius 1 is 0.438 bits per heavy atom. The number of anilines is 3. The van der Waals surface area contributed by atoms with Crippen LogP contribution in [0.3, 0.4) is 0 Å². The van der Waals surface area contributed by atoms with E-state index in [1.165, 1.54) is 41.8 Å². The number of benzene rings is 10. The van der Waals surface area contributed by atoms with Gasteiger partial charge in [0.25, 0.3) is 0 Å². The number of aromatic nitrogens is 1. The lowest BCUT2D eigenvalue weighted by Crippen LogP contribution is -2.15. The van der Waals surface area contributed by atoms with E-state index in [9.17, 15) is 0 Å². The minimum Gasteiger partial charge on any atom is -0.435 e. The van der Waals surface area contributed by atoms with E-state index in [2.05, 4.69) is 219 Å². The first-order chi connectivity index (χ1) is 31.5. The zero-order chi connectivity index (χ0) is 42.8. The lowest BCUT2D eigenvalue weighted by Gasteiger charge is -2.42. The van der Waals surface area contributed by atoms with Crippen molar-refractivity contribution in [2.24, 2.45) is 0 Å². The fourth-order valence-electron chi connectivity index (χ4n) is 10.1. The van der Waals surface area contributed by atoms with E-state index < -0.39 is 10.0 Å². The molecule has 1 aliphatic rings. The Morgan fingerprint density at radius 2 is 0.938 bits per heavy atom. The molecule has 3 nitrogen and oxygen atoms in total. The summed E-state index contributed by atoms with van der Waals surface area (Å²) in [6, 6.07) is 84.2. The second-order valence-corrected chi connectivity index (χ2v) is 20.3. The Balaban J connectivity index is 1.08. The predicted molar refractivity (Wildman–Crippen MR) is 267 cm³/mol. The zero-order valence-corrected chi connectivity index (χ0v) is 36.5. The Kier molecular flexibility index (Phi) is 8.92. The van der Waals surface area contributed by atoms with E-state index in [0.717, 1.165) is 55.3 Å². The van der Waals surface area contributed by atoms with Crippen LogP contribution >= 0.6 is 10.0 Å². The molecule has 0 N–H and O–H groups in total. The van der Waals surface area contributed by atoms with Crippen LogP contribution in [-0.4, -0.2) is 4.98 Å². The van der Waals surface area contributed by atoms with Gasteiger partial charge in [-0.25, -0.2) is 4.98 Å². The molecule has 0 aliphatic heterocycles. The molecule has 0 amide bonds. The van der Waals surface area contributed by atoms with Crippen LogP contribution in [0.25, 0.3) is 55.2 Å². The molecule has 306 valence electrons. The third-order valence-electron chi connectivity index (χ3n) is 13.2. The lowest BCUT2D eigenvalue weighted by molar-refractivity contribution is 0.623. The maximum absolute atomic E-state index is 6.68. The van der Waals surface area contributed by atoms with Gasteiger partial charge in [-0.15, -0.1) is 10.0 Å². The summed E-state index contributed by atoms with van der Waals surface area (Å²) in [6.07, 6.45) is 0. The number of hydrogen-bond donors (Lipinski definition) is 0. The van der Waals surface area contributed by atoms with E-state index in [1.54, 1.807) is 0 Å². The fourth-order valence-corrected chi connectivity index (χ4v) is 14.0. The average Bonchev–Trinajstić information content (AvgIpc) is 3.90. The van der Waals surface area contributed by atoms with Gasteiger partial charge < -0.3 is 9.32 Å². The van der Waals surface area contributed by atoms with Crippen molar-refractivity contribution in [3.63, 3.8) is 0 Å². The highest BCUT2D eigenvalue weighted by atomic mass is 32.3. The van der Waals surface area contributed by atoms with Gasteiger partial charge in [0.05, 0.1) is 0 Å². The van der Waals surface area contributed by atoms with Crippen LogP contribution in [0.5, 0.6) is 0 Å². The summed E-state index contributed by atoms with van der Waals surface area (Å²) in [6.45, 7) is 4.69. The molecule has 0 radical (unpaired) electrons. The van der Waals surface area contributed by atoms with Crippen LogP contribution in [0.2, 0.25) is 0 Å². The number of rotatable bonds is 8. The second-order valence-electron chi connectivity index (χ2n) is 17.1. The van der Waals surface area contributed by atoms with E-state index in [1.807, 2.05) is 30.3 Å². The van der Waals surface area contributed by atoms with Crippen LogP contribution in [0.4, 0.5) is 17.1 Å². The van der Waals surface area contributed by atoms with Crippen molar-refractivity contribution in [2.75, 3.05) is 4.90 Å². The molecule has 1 aromatic heterocycles. The van der Waals surface area contributed by atoms with E-state index >= 15 is 0 Å². The van der Waals surface area contributed by atoms with Crippen LogP contribution in [0, 0.1) is 0 Å². The van der Waals surface area contributed by atoms with Gasteiger partial charge in [0.1, 0.15) is 5.52 Å². The maximum atomic E-state index is 6.68. The smallest absolute Gasteiger partial charge is 0.227 e. The highest BCUT2D eigenvalue weighted by Crippen LogP contribution is 2.73. The Bertz CT molecular complexity index is 3410. The topological polar surface area (TPSA) is 29.3 Å². The molecule has 0 bridgehead atoms. The Labute approximate surface area is 375 Å².